The van der Waals surface area contributed by atoms with Gasteiger partial charge < -0.3 is 0 Å². The SMILES string of the molecule is O=S(=O)(c1ccccc1)c1nc2nc3ccccc3n2cc1-c1nc2ccccc2s1. The van der Waals surface area contributed by atoms with Gasteiger partial charge in [-0.3, -0.25) is 4.40 Å². The molecule has 0 spiro atoms. The van der Waals surface area contributed by atoms with Crippen molar-refractivity contribution in [3.05, 3.63) is 85.1 Å². The number of aromatic nitrogens is 4. The van der Waals surface area contributed by atoms with E-state index < -0.39 is 9.84 Å². The van der Waals surface area contributed by atoms with E-state index in [2.05, 4.69) is 9.97 Å². The van der Waals surface area contributed by atoms with E-state index in [1.54, 1.807) is 36.5 Å². The number of hydrogen-bond donors (Lipinski definition) is 0. The Balaban J connectivity index is 1.71. The first-order valence-corrected chi connectivity index (χ1v) is 11.9. The van der Waals surface area contributed by atoms with Crippen LogP contribution in [0.25, 0.3) is 37.6 Å². The van der Waals surface area contributed by atoms with Crippen LogP contribution in [0.4, 0.5) is 0 Å². The molecule has 6 aromatic rings. The Morgan fingerprint density at radius 3 is 2.26 bits per heavy atom. The van der Waals surface area contributed by atoms with Crippen molar-refractivity contribution >= 4 is 48.2 Å². The summed E-state index contributed by atoms with van der Waals surface area (Å²) in [5.41, 5.74) is 2.89. The van der Waals surface area contributed by atoms with E-state index in [4.69, 9.17) is 4.98 Å². The van der Waals surface area contributed by atoms with Gasteiger partial charge in [-0.05, 0) is 36.4 Å². The van der Waals surface area contributed by atoms with Gasteiger partial charge in [-0.25, -0.2) is 18.4 Å². The predicted octanol–water partition coefficient (Wildman–Crippen LogP) is 4.99. The molecule has 0 radical (unpaired) electrons. The smallest absolute Gasteiger partial charge is 0.236 e. The van der Waals surface area contributed by atoms with Crippen LogP contribution >= 0.6 is 11.3 Å². The largest absolute Gasteiger partial charge is 0.283 e. The van der Waals surface area contributed by atoms with Gasteiger partial charge >= 0.3 is 0 Å². The number of rotatable bonds is 3. The molecule has 3 heterocycles. The average molecular weight is 443 g/mol. The van der Waals surface area contributed by atoms with Gasteiger partial charge in [0.2, 0.25) is 15.6 Å². The van der Waals surface area contributed by atoms with E-state index in [1.165, 1.54) is 11.3 Å². The Hall–Kier alpha value is -3.62. The van der Waals surface area contributed by atoms with Crippen LogP contribution in [0.15, 0.2) is 95.0 Å². The third kappa shape index (κ3) is 2.83. The van der Waals surface area contributed by atoms with Crippen molar-refractivity contribution < 1.29 is 8.42 Å². The fraction of sp³-hybridized carbons (Fsp3) is 0. The van der Waals surface area contributed by atoms with Gasteiger partial charge in [-0.1, -0.05) is 42.5 Å². The molecule has 8 heteroatoms. The van der Waals surface area contributed by atoms with Crippen molar-refractivity contribution in [2.45, 2.75) is 9.92 Å². The highest BCUT2D eigenvalue weighted by atomic mass is 32.2. The Labute approximate surface area is 181 Å². The minimum Gasteiger partial charge on any atom is -0.283 e. The molecular formula is C23H14N4O2S2. The number of hydrogen-bond acceptors (Lipinski definition) is 6. The Morgan fingerprint density at radius 1 is 0.742 bits per heavy atom. The van der Waals surface area contributed by atoms with Crippen molar-refractivity contribution in [2.75, 3.05) is 0 Å². The summed E-state index contributed by atoms with van der Waals surface area (Å²) in [6.45, 7) is 0. The molecule has 31 heavy (non-hydrogen) atoms. The molecule has 0 amide bonds. The van der Waals surface area contributed by atoms with Crippen LogP contribution in [0.3, 0.4) is 0 Å². The van der Waals surface area contributed by atoms with Crippen molar-refractivity contribution in [3.63, 3.8) is 0 Å². The minimum absolute atomic E-state index is 0.0411. The molecule has 3 aromatic carbocycles. The first-order chi connectivity index (χ1) is 15.1. The van der Waals surface area contributed by atoms with Crippen molar-refractivity contribution in [2.24, 2.45) is 0 Å². The highest BCUT2D eigenvalue weighted by molar-refractivity contribution is 7.91. The van der Waals surface area contributed by atoms with Crippen LogP contribution in [0.5, 0.6) is 0 Å². The zero-order valence-corrected chi connectivity index (χ0v) is 17.6. The van der Waals surface area contributed by atoms with E-state index in [1.807, 2.05) is 52.9 Å². The number of para-hydroxylation sites is 3. The highest BCUT2D eigenvalue weighted by Gasteiger charge is 2.27. The van der Waals surface area contributed by atoms with Crippen molar-refractivity contribution in [3.8, 4) is 10.6 Å². The third-order valence-corrected chi connectivity index (χ3v) is 7.88. The van der Waals surface area contributed by atoms with Crippen molar-refractivity contribution in [1.29, 1.82) is 0 Å². The molecule has 0 N–H and O–H groups in total. The van der Waals surface area contributed by atoms with E-state index in [9.17, 15) is 8.42 Å². The van der Waals surface area contributed by atoms with Crippen LogP contribution in [0.1, 0.15) is 0 Å². The molecule has 0 unspecified atom stereocenters. The third-order valence-electron chi connectivity index (χ3n) is 5.10. The molecule has 0 aliphatic rings. The van der Waals surface area contributed by atoms with Gasteiger partial charge in [0.15, 0.2) is 5.03 Å². The lowest BCUT2D eigenvalue weighted by Crippen LogP contribution is -2.08. The second-order valence-electron chi connectivity index (χ2n) is 7.03. The number of benzene rings is 3. The topological polar surface area (TPSA) is 77.2 Å². The van der Waals surface area contributed by atoms with Crippen LogP contribution in [0, 0.1) is 0 Å². The maximum Gasteiger partial charge on any atom is 0.236 e. The molecule has 6 nitrogen and oxygen atoms in total. The molecule has 0 saturated heterocycles. The summed E-state index contributed by atoms with van der Waals surface area (Å²) in [4.78, 5) is 14.0. The van der Waals surface area contributed by atoms with Gasteiger partial charge in [0.1, 0.15) is 5.01 Å². The second-order valence-corrected chi connectivity index (χ2v) is 9.93. The lowest BCUT2D eigenvalue weighted by Gasteiger charge is -2.09. The van der Waals surface area contributed by atoms with E-state index >= 15 is 0 Å². The minimum atomic E-state index is -3.88. The fourth-order valence-electron chi connectivity index (χ4n) is 3.62. The van der Waals surface area contributed by atoms with Gasteiger partial charge in [0, 0.05) is 6.20 Å². The molecule has 0 fully saturated rings. The maximum absolute atomic E-state index is 13.6. The molecule has 0 atom stereocenters. The molecule has 0 bridgehead atoms. The summed E-state index contributed by atoms with van der Waals surface area (Å²) < 4.78 is 30.0. The number of fused-ring (bicyclic) bond motifs is 4. The Kier molecular flexibility index (Phi) is 3.92. The van der Waals surface area contributed by atoms with E-state index in [-0.39, 0.29) is 9.92 Å². The highest BCUT2D eigenvalue weighted by Crippen LogP contribution is 2.36. The van der Waals surface area contributed by atoms with E-state index in [0.717, 1.165) is 21.3 Å². The summed E-state index contributed by atoms with van der Waals surface area (Å²) in [6, 6.07) is 23.7. The summed E-state index contributed by atoms with van der Waals surface area (Å²) in [5, 5.41) is 0.559. The Bertz CT molecular complexity index is 1670. The van der Waals surface area contributed by atoms with Gasteiger partial charge in [-0.2, -0.15) is 4.98 Å². The molecule has 6 rings (SSSR count). The number of thiazole rings is 1. The molecule has 150 valence electrons. The maximum atomic E-state index is 13.6. The molecular weight excluding hydrogens is 428 g/mol. The van der Waals surface area contributed by atoms with Gasteiger partial charge in [0.05, 0.1) is 31.7 Å². The van der Waals surface area contributed by atoms with Crippen molar-refractivity contribution in [1.82, 2.24) is 19.4 Å². The fourth-order valence-corrected chi connectivity index (χ4v) is 6.04. The molecule has 0 aliphatic carbocycles. The number of imidazole rings is 1. The Morgan fingerprint density at radius 2 is 1.45 bits per heavy atom. The molecule has 0 saturated carbocycles. The van der Waals surface area contributed by atoms with Crippen LogP contribution in [-0.2, 0) is 9.84 Å². The lowest BCUT2D eigenvalue weighted by atomic mass is 10.3. The summed E-state index contributed by atoms with van der Waals surface area (Å²) in [6.07, 6.45) is 1.78. The standard InChI is InChI=1S/C23H14N4O2S2/c28-31(29,15-8-2-1-3-9-15)22-16(21-24-18-11-5-7-13-20(18)30-21)14-27-19-12-6-4-10-17(19)25-23(27)26-22/h1-14H. The zero-order valence-electron chi connectivity index (χ0n) is 16.0. The van der Waals surface area contributed by atoms with Crippen LogP contribution in [0.2, 0.25) is 0 Å². The van der Waals surface area contributed by atoms with Gasteiger partial charge in [-0.15, -0.1) is 11.3 Å². The zero-order chi connectivity index (χ0) is 21.0. The normalized spacial score (nSPS) is 12.1. The first-order valence-electron chi connectivity index (χ1n) is 9.55. The first kappa shape index (κ1) is 18.2. The second kappa shape index (κ2) is 6.69. The van der Waals surface area contributed by atoms with Crippen LogP contribution in [-0.4, -0.2) is 27.8 Å². The quantitative estimate of drug-likeness (QED) is 0.361. The monoisotopic (exact) mass is 442 g/mol. The average Bonchev–Trinajstić information content (AvgIpc) is 3.40. The van der Waals surface area contributed by atoms with Crippen LogP contribution < -0.4 is 0 Å². The summed E-state index contributed by atoms with van der Waals surface area (Å²) in [5.74, 6) is 0.334. The number of nitrogens with zero attached hydrogens (tertiary/aromatic N) is 4. The number of sulfone groups is 1. The van der Waals surface area contributed by atoms with Gasteiger partial charge in [0.25, 0.3) is 0 Å². The lowest BCUT2D eigenvalue weighted by molar-refractivity contribution is 0.592. The molecule has 3 aromatic heterocycles. The predicted molar refractivity (Wildman–Crippen MR) is 121 cm³/mol. The summed E-state index contributed by atoms with van der Waals surface area (Å²) >= 11 is 1.44. The van der Waals surface area contributed by atoms with E-state index in [0.29, 0.717) is 16.3 Å². The molecule has 0 aliphatic heterocycles. The summed E-state index contributed by atoms with van der Waals surface area (Å²) in [7, 11) is -3.88.